The SMILES string of the molecule is Cn1cc(SCC(=O)c2ccc(F)cc2)cn1. The van der Waals surface area contributed by atoms with Gasteiger partial charge in [0.25, 0.3) is 0 Å². The number of carbonyl (C=O) groups is 1. The maximum absolute atomic E-state index is 12.7. The van der Waals surface area contributed by atoms with Crippen molar-refractivity contribution in [2.24, 2.45) is 7.05 Å². The van der Waals surface area contributed by atoms with Crippen LogP contribution in [0.5, 0.6) is 0 Å². The van der Waals surface area contributed by atoms with E-state index in [9.17, 15) is 9.18 Å². The van der Waals surface area contributed by atoms with Crippen LogP contribution in [0.1, 0.15) is 10.4 Å². The molecule has 88 valence electrons. The summed E-state index contributed by atoms with van der Waals surface area (Å²) in [7, 11) is 1.83. The minimum Gasteiger partial charge on any atom is -0.293 e. The molecule has 0 N–H and O–H groups in total. The molecule has 2 aromatic rings. The number of aromatic nitrogens is 2. The van der Waals surface area contributed by atoms with Gasteiger partial charge in [-0.25, -0.2) is 4.39 Å². The Morgan fingerprint density at radius 2 is 2.12 bits per heavy atom. The topological polar surface area (TPSA) is 34.9 Å². The van der Waals surface area contributed by atoms with Crippen LogP contribution in [0.3, 0.4) is 0 Å². The van der Waals surface area contributed by atoms with E-state index in [0.717, 1.165) is 4.90 Å². The molecule has 0 atom stereocenters. The molecule has 2 rings (SSSR count). The van der Waals surface area contributed by atoms with Gasteiger partial charge in [0.2, 0.25) is 0 Å². The first-order valence-corrected chi connectivity index (χ1v) is 6.04. The van der Waals surface area contributed by atoms with Crippen LogP contribution in [0.4, 0.5) is 4.39 Å². The van der Waals surface area contributed by atoms with Crippen LogP contribution in [0.15, 0.2) is 41.6 Å². The van der Waals surface area contributed by atoms with Crippen LogP contribution < -0.4 is 0 Å². The summed E-state index contributed by atoms with van der Waals surface area (Å²) in [5.41, 5.74) is 0.530. The van der Waals surface area contributed by atoms with Crippen LogP contribution in [-0.4, -0.2) is 21.3 Å². The molecule has 0 bridgehead atoms. The first-order chi connectivity index (χ1) is 8.15. The molecule has 1 heterocycles. The minimum atomic E-state index is -0.332. The maximum atomic E-state index is 12.7. The molecule has 0 unspecified atom stereocenters. The van der Waals surface area contributed by atoms with Gasteiger partial charge in [-0.1, -0.05) is 0 Å². The third-order valence-corrected chi connectivity index (χ3v) is 3.17. The number of ketones is 1. The fraction of sp³-hybridized carbons (Fsp3) is 0.167. The molecular formula is C12H11FN2OS. The van der Waals surface area contributed by atoms with Crippen molar-refractivity contribution >= 4 is 17.5 Å². The number of halogens is 1. The Kier molecular flexibility index (Phi) is 3.58. The van der Waals surface area contributed by atoms with Gasteiger partial charge in [-0.2, -0.15) is 5.10 Å². The number of hydrogen-bond donors (Lipinski definition) is 0. The minimum absolute atomic E-state index is 0.0150. The van der Waals surface area contributed by atoms with Crippen LogP contribution in [-0.2, 0) is 7.05 Å². The average molecular weight is 250 g/mol. The zero-order valence-electron chi connectivity index (χ0n) is 9.26. The molecule has 0 fully saturated rings. The van der Waals surface area contributed by atoms with Crippen molar-refractivity contribution in [1.82, 2.24) is 9.78 Å². The normalized spacial score (nSPS) is 10.5. The number of benzene rings is 1. The number of aryl methyl sites for hydroxylation is 1. The summed E-state index contributed by atoms with van der Waals surface area (Å²) in [6.45, 7) is 0. The van der Waals surface area contributed by atoms with Crippen LogP contribution >= 0.6 is 11.8 Å². The van der Waals surface area contributed by atoms with Gasteiger partial charge in [-0.05, 0) is 24.3 Å². The second kappa shape index (κ2) is 5.14. The van der Waals surface area contributed by atoms with Crippen molar-refractivity contribution in [3.05, 3.63) is 48.0 Å². The summed E-state index contributed by atoms with van der Waals surface area (Å²) in [4.78, 5) is 12.7. The summed E-state index contributed by atoms with van der Waals surface area (Å²) in [6, 6.07) is 5.59. The lowest BCUT2D eigenvalue weighted by Gasteiger charge is -1.99. The van der Waals surface area contributed by atoms with Crippen LogP contribution in [0, 0.1) is 5.82 Å². The van der Waals surface area contributed by atoms with Gasteiger partial charge in [0.05, 0.1) is 11.9 Å². The molecule has 1 aromatic carbocycles. The first-order valence-electron chi connectivity index (χ1n) is 5.05. The van der Waals surface area contributed by atoms with Crippen molar-refractivity contribution in [3.8, 4) is 0 Å². The van der Waals surface area contributed by atoms with Crippen molar-refractivity contribution in [3.63, 3.8) is 0 Å². The lowest BCUT2D eigenvalue weighted by molar-refractivity contribution is 0.102. The molecular weight excluding hydrogens is 239 g/mol. The van der Waals surface area contributed by atoms with E-state index in [-0.39, 0.29) is 11.6 Å². The number of carbonyl (C=O) groups excluding carboxylic acids is 1. The summed E-state index contributed by atoms with van der Waals surface area (Å²) < 4.78 is 14.4. The standard InChI is InChI=1S/C12H11FN2OS/c1-15-7-11(6-14-15)17-8-12(16)9-2-4-10(13)5-3-9/h2-7H,8H2,1H3. The van der Waals surface area contributed by atoms with E-state index in [1.54, 1.807) is 10.9 Å². The summed E-state index contributed by atoms with van der Waals surface area (Å²) in [5, 5.41) is 4.01. The Morgan fingerprint density at radius 3 is 2.71 bits per heavy atom. The van der Waals surface area contributed by atoms with Gasteiger partial charge in [-0.15, -0.1) is 11.8 Å². The zero-order chi connectivity index (χ0) is 12.3. The Hall–Kier alpha value is -1.62. The van der Waals surface area contributed by atoms with Crippen molar-refractivity contribution < 1.29 is 9.18 Å². The van der Waals surface area contributed by atoms with Gasteiger partial charge in [0.1, 0.15) is 5.82 Å². The van der Waals surface area contributed by atoms with E-state index >= 15 is 0 Å². The maximum Gasteiger partial charge on any atom is 0.173 e. The quantitative estimate of drug-likeness (QED) is 0.618. The molecule has 1 aromatic heterocycles. The van der Waals surface area contributed by atoms with Gasteiger partial charge >= 0.3 is 0 Å². The van der Waals surface area contributed by atoms with Crippen LogP contribution in [0.25, 0.3) is 0 Å². The second-order valence-electron chi connectivity index (χ2n) is 3.57. The second-order valence-corrected chi connectivity index (χ2v) is 4.62. The smallest absolute Gasteiger partial charge is 0.173 e. The van der Waals surface area contributed by atoms with E-state index in [2.05, 4.69) is 5.10 Å². The molecule has 5 heteroatoms. The molecule has 3 nitrogen and oxygen atoms in total. The van der Waals surface area contributed by atoms with Gasteiger partial charge in [0, 0.05) is 23.7 Å². The van der Waals surface area contributed by atoms with Crippen LogP contribution in [0.2, 0.25) is 0 Å². The molecule has 0 aliphatic rings. The Morgan fingerprint density at radius 1 is 1.41 bits per heavy atom. The largest absolute Gasteiger partial charge is 0.293 e. The molecule has 17 heavy (non-hydrogen) atoms. The predicted molar refractivity (Wildman–Crippen MR) is 64.7 cm³/mol. The van der Waals surface area contributed by atoms with E-state index in [1.807, 2.05) is 13.2 Å². The molecule has 0 amide bonds. The van der Waals surface area contributed by atoms with Gasteiger partial charge < -0.3 is 0 Å². The first kappa shape index (κ1) is 11.9. The molecule has 0 saturated carbocycles. The van der Waals surface area contributed by atoms with E-state index in [0.29, 0.717) is 11.3 Å². The highest BCUT2D eigenvalue weighted by Crippen LogP contribution is 2.18. The summed E-state index contributed by atoms with van der Waals surface area (Å²) in [6.07, 6.45) is 3.56. The van der Waals surface area contributed by atoms with Crippen molar-refractivity contribution in [2.75, 3.05) is 5.75 Å². The van der Waals surface area contributed by atoms with Crippen molar-refractivity contribution in [1.29, 1.82) is 0 Å². The molecule has 0 aliphatic carbocycles. The number of thioether (sulfide) groups is 1. The fourth-order valence-corrected chi connectivity index (χ4v) is 2.15. The molecule has 0 radical (unpaired) electrons. The van der Waals surface area contributed by atoms with E-state index in [1.165, 1.54) is 36.0 Å². The molecule has 0 aliphatic heterocycles. The number of rotatable bonds is 4. The third kappa shape index (κ3) is 3.17. The third-order valence-electron chi connectivity index (χ3n) is 2.22. The van der Waals surface area contributed by atoms with Gasteiger partial charge in [0.15, 0.2) is 5.78 Å². The number of Topliss-reactive ketones (excluding diaryl/α,β-unsaturated/α-hetero) is 1. The lowest BCUT2D eigenvalue weighted by atomic mass is 10.1. The highest BCUT2D eigenvalue weighted by atomic mass is 32.2. The molecule has 0 spiro atoms. The molecule has 0 saturated heterocycles. The van der Waals surface area contributed by atoms with Gasteiger partial charge in [-0.3, -0.25) is 9.48 Å². The predicted octanol–water partition coefficient (Wildman–Crippen LogP) is 2.53. The summed E-state index contributed by atoms with van der Waals surface area (Å²) >= 11 is 1.42. The summed E-state index contributed by atoms with van der Waals surface area (Å²) in [5.74, 6) is -0.0162. The monoisotopic (exact) mass is 250 g/mol. The Bertz CT molecular complexity index is 522. The number of hydrogen-bond acceptors (Lipinski definition) is 3. The van der Waals surface area contributed by atoms with E-state index < -0.39 is 0 Å². The lowest BCUT2D eigenvalue weighted by Crippen LogP contribution is -2.01. The van der Waals surface area contributed by atoms with E-state index in [4.69, 9.17) is 0 Å². The zero-order valence-corrected chi connectivity index (χ0v) is 10.1. The Balaban J connectivity index is 1.95. The number of nitrogens with zero attached hydrogens (tertiary/aromatic N) is 2. The average Bonchev–Trinajstić information content (AvgIpc) is 2.73. The van der Waals surface area contributed by atoms with Crippen molar-refractivity contribution in [2.45, 2.75) is 4.90 Å². The highest BCUT2D eigenvalue weighted by molar-refractivity contribution is 8.00. The Labute approximate surface area is 103 Å². The fourth-order valence-electron chi connectivity index (χ4n) is 1.34. The highest BCUT2D eigenvalue weighted by Gasteiger charge is 2.07.